The normalized spacial score (nSPS) is 14.1. The Morgan fingerprint density at radius 1 is 0.793 bits per heavy atom. The molecule has 0 bridgehead atoms. The number of carboxylic acid groups (broad SMARTS) is 1. The number of nitrogens with zero attached hydrogens (tertiary/aromatic N) is 1. The van der Waals surface area contributed by atoms with Crippen LogP contribution in [0.3, 0.4) is 0 Å². The molecule has 174 valence electrons. The van der Waals surface area contributed by atoms with Crippen LogP contribution in [0.1, 0.15) is 123 Å². The molecular formula is C25H51NO3. The number of aliphatic carboxylic acids is 1. The third kappa shape index (κ3) is 17.9. The van der Waals surface area contributed by atoms with Crippen LogP contribution < -0.4 is 5.11 Å². The van der Waals surface area contributed by atoms with Crippen LogP contribution in [0, 0.1) is 0 Å². The van der Waals surface area contributed by atoms with Crippen LogP contribution in [0.5, 0.6) is 0 Å². The molecule has 0 amide bonds. The number of quaternary nitrogens is 1. The van der Waals surface area contributed by atoms with Gasteiger partial charge in [-0.25, -0.2) is 0 Å². The third-order valence-electron chi connectivity index (χ3n) is 6.27. The molecule has 0 spiro atoms. The van der Waals surface area contributed by atoms with Crippen LogP contribution >= 0.6 is 0 Å². The van der Waals surface area contributed by atoms with E-state index >= 15 is 0 Å². The monoisotopic (exact) mass is 413 g/mol. The van der Waals surface area contributed by atoms with E-state index in [0.29, 0.717) is 6.42 Å². The average Bonchev–Trinajstić information content (AvgIpc) is 2.65. The fourth-order valence-electron chi connectivity index (χ4n) is 4.35. The first-order valence-corrected chi connectivity index (χ1v) is 12.5. The molecule has 4 heteroatoms. The lowest BCUT2D eigenvalue weighted by molar-refractivity contribution is -0.897. The summed E-state index contributed by atoms with van der Waals surface area (Å²) >= 11 is 0. The van der Waals surface area contributed by atoms with Gasteiger partial charge >= 0.3 is 0 Å². The Morgan fingerprint density at radius 3 is 1.72 bits per heavy atom. The number of aliphatic hydroxyl groups is 1. The fourth-order valence-corrected chi connectivity index (χ4v) is 4.35. The lowest BCUT2D eigenvalue weighted by Gasteiger charge is -2.38. The molecule has 0 aromatic rings. The molecule has 0 aromatic heterocycles. The van der Waals surface area contributed by atoms with E-state index in [-0.39, 0.29) is 6.42 Å². The summed E-state index contributed by atoms with van der Waals surface area (Å²) in [6, 6.07) is 0. The van der Waals surface area contributed by atoms with Crippen LogP contribution in [0.25, 0.3) is 0 Å². The SMILES string of the molecule is CCCCCCCCCCCCCCC(O)(CC)C[N+](C)(C)CCCCC(=O)[O-]. The Labute approximate surface area is 181 Å². The maximum atomic E-state index is 11.0. The molecule has 29 heavy (non-hydrogen) atoms. The zero-order chi connectivity index (χ0) is 22.0. The summed E-state index contributed by atoms with van der Waals surface area (Å²) < 4.78 is 0.746. The third-order valence-corrected chi connectivity index (χ3v) is 6.27. The van der Waals surface area contributed by atoms with Gasteiger partial charge in [0.15, 0.2) is 0 Å². The topological polar surface area (TPSA) is 60.4 Å². The molecule has 1 unspecified atom stereocenters. The van der Waals surface area contributed by atoms with Gasteiger partial charge in [-0.3, -0.25) is 0 Å². The zero-order valence-corrected chi connectivity index (χ0v) is 20.1. The largest absolute Gasteiger partial charge is 0.550 e. The van der Waals surface area contributed by atoms with E-state index in [9.17, 15) is 15.0 Å². The van der Waals surface area contributed by atoms with Crippen molar-refractivity contribution in [1.82, 2.24) is 0 Å². The smallest absolute Gasteiger partial charge is 0.113 e. The van der Waals surface area contributed by atoms with E-state index in [1.165, 1.54) is 70.6 Å². The molecule has 0 aliphatic rings. The Balaban J connectivity index is 3.82. The second-order valence-corrected chi connectivity index (χ2v) is 9.86. The summed E-state index contributed by atoms with van der Waals surface area (Å²) in [6.07, 6.45) is 19.4. The number of rotatable bonds is 21. The van der Waals surface area contributed by atoms with Gasteiger partial charge in [-0.15, -0.1) is 0 Å². The van der Waals surface area contributed by atoms with E-state index < -0.39 is 11.6 Å². The van der Waals surface area contributed by atoms with E-state index in [1.807, 2.05) is 0 Å². The minimum absolute atomic E-state index is 0.136. The average molecular weight is 414 g/mol. The first kappa shape index (κ1) is 28.4. The van der Waals surface area contributed by atoms with Gasteiger partial charge < -0.3 is 19.5 Å². The van der Waals surface area contributed by atoms with E-state index in [4.69, 9.17) is 0 Å². The van der Waals surface area contributed by atoms with Crippen molar-refractivity contribution in [2.24, 2.45) is 0 Å². The van der Waals surface area contributed by atoms with Crippen LogP contribution in [0.4, 0.5) is 0 Å². The number of hydrogen-bond donors (Lipinski definition) is 1. The second-order valence-electron chi connectivity index (χ2n) is 9.86. The maximum Gasteiger partial charge on any atom is 0.113 e. The first-order valence-electron chi connectivity index (χ1n) is 12.5. The van der Waals surface area contributed by atoms with E-state index in [1.54, 1.807) is 0 Å². The molecule has 0 rings (SSSR count). The predicted molar refractivity (Wildman–Crippen MR) is 122 cm³/mol. The molecule has 0 saturated heterocycles. The fraction of sp³-hybridized carbons (Fsp3) is 0.960. The molecule has 0 aliphatic carbocycles. The van der Waals surface area contributed by atoms with Gasteiger partial charge in [0.25, 0.3) is 0 Å². The number of hydrogen-bond acceptors (Lipinski definition) is 3. The Hall–Kier alpha value is -0.610. The highest BCUT2D eigenvalue weighted by atomic mass is 16.4. The van der Waals surface area contributed by atoms with Crippen molar-refractivity contribution in [2.45, 2.75) is 129 Å². The highest BCUT2D eigenvalue weighted by molar-refractivity contribution is 5.64. The zero-order valence-electron chi connectivity index (χ0n) is 20.1. The summed E-state index contributed by atoms with van der Waals surface area (Å²) in [5.74, 6) is -0.965. The van der Waals surface area contributed by atoms with Crippen molar-refractivity contribution in [1.29, 1.82) is 0 Å². The second kappa shape index (κ2) is 17.1. The van der Waals surface area contributed by atoms with Gasteiger partial charge in [0.1, 0.15) is 12.1 Å². The predicted octanol–water partition coefficient (Wildman–Crippen LogP) is 5.22. The molecule has 4 nitrogen and oxygen atoms in total. The summed E-state index contributed by atoms with van der Waals surface area (Å²) in [4.78, 5) is 10.5. The molecule has 0 fully saturated rings. The van der Waals surface area contributed by atoms with Crippen LogP contribution in [0.2, 0.25) is 0 Å². The van der Waals surface area contributed by atoms with E-state index in [2.05, 4.69) is 27.9 Å². The highest BCUT2D eigenvalue weighted by Gasteiger charge is 2.32. The summed E-state index contributed by atoms with van der Waals surface area (Å²) in [6.45, 7) is 5.99. The summed E-state index contributed by atoms with van der Waals surface area (Å²) in [5, 5.41) is 21.6. The number of likely N-dealkylation sites (N-methyl/N-ethyl adjacent to an activating group) is 1. The van der Waals surface area contributed by atoms with E-state index in [0.717, 1.165) is 43.3 Å². The van der Waals surface area contributed by atoms with Gasteiger partial charge in [0, 0.05) is 5.97 Å². The molecule has 0 aliphatic heterocycles. The standard InChI is InChI=1S/C25H51NO3/c1-5-7-8-9-10-11-12-13-14-15-16-18-21-25(29,6-2)23-26(3,4)22-19-17-20-24(27)28/h29H,5-23H2,1-4H3. The Morgan fingerprint density at radius 2 is 1.28 bits per heavy atom. The summed E-state index contributed by atoms with van der Waals surface area (Å²) in [5.41, 5.74) is -0.601. The molecule has 0 heterocycles. The molecule has 1 atom stereocenters. The van der Waals surface area contributed by atoms with Crippen molar-refractivity contribution < 1.29 is 19.5 Å². The van der Waals surface area contributed by atoms with Crippen molar-refractivity contribution in [3.63, 3.8) is 0 Å². The van der Waals surface area contributed by atoms with Crippen LogP contribution in [-0.4, -0.2) is 48.3 Å². The molecule has 0 saturated carbocycles. The molecular weight excluding hydrogens is 362 g/mol. The van der Waals surface area contributed by atoms with Gasteiger partial charge in [0.2, 0.25) is 0 Å². The number of carboxylic acids is 1. The lowest BCUT2D eigenvalue weighted by atomic mass is 9.91. The van der Waals surface area contributed by atoms with Crippen LogP contribution in [0.15, 0.2) is 0 Å². The Kier molecular flexibility index (Phi) is 16.7. The lowest BCUT2D eigenvalue weighted by Crippen LogP contribution is -2.52. The van der Waals surface area contributed by atoms with Gasteiger partial charge in [-0.1, -0.05) is 90.9 Å². The van der Waals surface area contributed by atoms with Gasteiger partial charge in [0.05, 0.1) is 20.6 Å². The van der Waals surface area contributed by atoms with Gasteiger partial charge in [-0.05, 0) is 32.1 Å². The minimum Gasteiger partial charge on any atom is -0.550 e. The van der Waals surface area contributed by atoms with Crippen LogP contribution in [-0.2, 0) is 4.79 Å². The number of carbonyl (C=O) groups excluding carboxylic acids is 1. The maximum absolute atomic E-state index is 11.0. The first-order chi connectivity index (χ1) is 13.7. The Bertz CT molecular complexity index is 398. The molecule has 0 radical (unpaired) electrons. The molecule has 1 N–H and O–H groups in total. The van der Waals surface area contributed by atoms with Crippen molar-refractivity contribution in [3.8, 4) is 0 Å². The van der Waals surface area contributed by atoms with Crippen molar-refractivity contribution >= 4 is 5.97 Å². The highest BCUT2D eigenvalue weighted by Crippen LogP contribution is 2.23. The van der Waals surface area contributed by atoms with Crippen molar-refractivity contribution in [3.05, 3.63) is 0 Å². The van der Waals surface area contributed by atoms with Crippen molar-refractivity contribution in [2.75, 3.05) is 27.2 Å². The minimum atomic E-state index is -0.965. The summed E-state index contributed by atoms with van der Waals surface area (Å²) in [7, 11) is 4.28. The van der Waals surface area contributed by atoms with Gasteiger partial charge in [-0.2, -0.15) is 0 Å². The molecule has 0 aromatic carbocycles. The number of unbranched alkanes of at least 4 members (excludes halogenated alkanes) is 12. The quantitative estimate of drug-likeness (QED) is 0.207. The number of carbonyl (C=O) groups is 1.